The molecular weight excluding hydrogens is 235 g/mol. The summed E-state index contributed by atoms with van der Waals surface area (Å²) in [5.41, 5.74) is 0.766. The Morgan fingerprint density at radius 1 is 1.61 bits per heavy atom. The third kappa shape index (κ3) is 3.59. The number of anilines is 1. The molecule has 18 heavy (non-hydrogen) atoms. The zero-order valence-corrected chi connectivity index (χ0v) is 10.2. The molecule has 0 saturated carbocycles. The minimum Gasteiger partial charge on any atom is -0.462 e. The normalized spacial score (nSPS) is 10.7. The first-order valence-electron chi connectivity index (χ1n) is 5.38. The van der Waals surface area contributed by atoms with E-state index < -0.39 is 11.8 Å². The van der Waals surface area contributed by atoms with Crippen molar-refractivity contribution < 1.29 is 13.9 Å². The topological polar surface area (TPSA) is 62.1 Å². The second-order valence-corrected chi connectivity index (χ2v) is 3.52. The Morgan fingerprint density at radius 2 is 2.33 bits per heavy atom. The fraction of sp³-hybridized carbons (Fsp3) is 0.231. The maximum atomic E-state index is 13.5. The maximum Gasteiger partial charge on any atom is 0.350 e. The van der Waals surface area contributed by atoms with Gasteiger partial charge in [-0.1, -0.05) is 6.07 Å². The molecule has 0 aliphatic rings. The highest BCUT2D eigenvalue weighted by molar-refractivity contribution is 5.93. The van der Waals surface area contributed by atoms with Crippen LogP contribution in [-0.2, 0) is 9.53 Å². The second-order valence-electron chi connectivity index (χ2n) is 3.52. The number of esters is 1. The molecule has 1 N–H and O–H groups in total. The highest BCUT2D eigenvalue weighted by atomic mass is 19.1. The first-order valence-corrected chi connectivity index (χ1v) is 5.38. The largest absolute Gasteiger partial charge is 0.462 e. The molecule has 0 aliphatic heterocycles. The van der Waals surface area contributed by atoms with Gasteiger partial charge in [-0.05, 0) is 31.5 Å². The molecule has 0 fully saturated rings. The van der Waals surface area contributed by atoms with Gasteiger partial charge in [-0.15, -0.1) is 0 Å². The number of aryl methyl sites for hydroxylation is 1. The van der Waals surface area contributed by atoms with Gasteiger partial charge in [0.1, 0.15) is 11.9 Å². The molecule has 4 nitrogen and oxygen atoms in total. The van der Waals surface area contributed by atoms with E-state index in [4.69, 9.17) is 5.26 Å². The number of ether oxygens (including phenoxy) is 1. The van der Waals surface area contributed by atoms with Gasteiger partial charge in [0, 0.05) is 6.20 Å². The zero-order chi connectivity index (χ0) is 13.5. The summed E-state index contributed by atoms with van der Waals surface area (Å²) < 4.78 is 18.1. The Labute approximate surface area is 105 Å². The number of halogens is 1. The number of carbonyl (C=O) groups is 1. The molecule has 0 unspecified atom stereocenters. The molecule has 0 bridgehead atoms. The second kappa shape index (κ2) is 6.40. The van der Waals surface area contributed by atoms with E-state index >= 15 is 0 Å². The molecule has 1 rings (SSSR count). The van der Waals surface area contributed by atoms with Crippen molar-refractivity contribution in [3.8, 4) is 6.07 Å². The van der Waals surface area contributed by atoms with Crippen molar-refractivity contribution in [3.63, 3.8) is 0 Å². The number of nitriles is 1. The average Bonchev–Trinajstić information content (AvgIpc) is 2.32. The Morgan fingerprint density at radius 3 is 2.89 bits per heavy atom. The lowest BCUT2D eigenvalue weighted by Crippen LogP contribution is -2.08. The van der Waals surface area contributed by atoms with Crippen molar-refractivity contribution in [2.45, 2.75) is 13.8 Å². The molecule has 0 radical (unpaired) electrons. The van der Waals surface area contributed by atoms with E-state index in [0.717, 1.165) is 11.8 Å². The van der Waals surface area contributed by atoms with Crippen LogP contribution in [0.2, 0.25) is 0 Å². The molecule has 0 aliphatic carbocycles. The van der Waals surface area contributed by atoms with Gasteiger partial charge in [-0.3, -0.25) is 0 Å². The average molecular weight is 248 g/mol. The molecule has 0 heterocycles. The molecule has 5 heteroatoms. The molecular formula is C13H13FN2O2. The summed E-state index contributed by atoms with van der Waals surface area (Å²) in [6.45, 7) is 3.58. The summed E-state index contributed by atoms with van der Waals surface area (Å²) in [6.07, 6.45) is 1.13. The molecule has 0 atom stereocenters. The van der Waals surface area contributed by atoms with E-state index in [1.54, 1.807) is 26.0 Å². The summed E-state index contributed by atoms with van der Waals surface area (Å²) in [4.78, 5) is 11.3. The quantitative estimate of drug-likeness (QED) is 0.505. The monoisotopic (exact) mass is 248 g/mol. The Hall–Kier alpha value is -2.35. The van der Waals surface area contributed by atoms with Crippen LogP contribution in [0.1, 0.15) is 12.5 Å². The number of carbonyl (C=O) groups excluding carboxylic acids is 1. The number of hydrogen-bond acceptors (Lipinski definition) is 4. The molecule has 0 saturated heterocycles. The standard InChI is InChI=1S/C13H13FN2O2/c1-3-18-13(17)10(7-15)8-16-12-5-4-9(2)6-11(12)14/h4-6,8,16H,3H2,1-2H3/b10-8+. The summed E-state index contributed by atoms with van der Waals surface area (Å²) in [5, 5.41) is 11.3. The van der Waals surface area contributed by atoms with E-state index in [2.05, 4.69) is 10.1 Å². The van der Waals surface area contributed by atoms with Crippen LogP contribution >= 0.6 is 0 Å². The predicted molar refractivity (Wildman–Crippen MR) is 65.1 cm³/mol. The van der Waals surface area contributed by atoms with Gasteiger partial charge in [-0.25, -0.2) is 9.18 Å². The van der Waals surface area contributed by atoms with Crippen LogP contribution in [0.25, 0.3) is 0 Å². The van der Waals surface area contributed by atoms with Crippen molar-refractivity contribution in [2.75, 3.05) is 11.9 Å². The van der Waals surface area contributed by atoms with E-state index in [-0.39, 0.29) is 17.9 Å². The van der Waals surface area contributed by atoms with E-state index in [0.29, 0.717) is 0 Å². The smallest absolute Gasteiger partial charge is 0.350 e. The van der Waals surface area contributed by atoms with Gasteiger partial charge in [0.25, 0.3) is 0 Å². The Kier molecular flexibility index (Phi) is 4.88. The Bertz CT molecular complexity index is 518. The molecule has 1 aromatic carbocycles. The first-order chi connectivity index (χ1) is 8.58. The van der Waals surface area contributed by atoms with E-state index in [1.807, 2.05) is 0 Å². The lowest BCUT2D eigenvalue weighted by Gasteiger charge is -2.04. The van der Waals surface area contributed by atoms with Crippen LogP contribution in [0, 0.1) is 24.1 Å². The lowest BCUT2D eigenvalue weighted by molar-refractivity contribution is -0.138. The minimum atomic E-state index is -0.736. The maximum absolute atomic E-state index is 13.5. The van der Waals surface area contributed by atoms with Crippen molar-refractivity contribution in [2.24, 2.45) is 0 Å². The highest BCUT2D eigenvalue weighted by Gasteiger charge is 2.09. The van der Waals surface area contributed by atoms with Gasteiger partial charge in [0.15, 0.2) is 5.57 Å². The van der Waals surface area contributed by atoms with Crippen LogP contribution in [0.4, 0.5) is 10.1 Å². The van der Waals surface area contributed by atoms with Gasteiger partial charge in [-0.2, -0.15) is 5.26 Å². The fourth-order valence-electron chi connectivity index (χ4n) is 1.23. The summed E-state index contributed by atoms with van der Waals surface area (Å²) in [6, 6.07) is 6.29. The van der Waals surface area contributed by atoms with Crippen LogP contribution < -0.4 is 5.32 Å². The molecule has 0 aromatic heterocycles. The Balaban J connectivity index is 2.84. The van der Waals surface area contributed by atoms with Crippen LogP contribution in [0.5, 0.6) is 0 Å². The van der Waals surface area contributed by atoms with E-state index in [9.17, 15) is 9.18 Å². The van der Waals surface area contributed by atoms with Crippen molar-refractivity contribution in [1.29, 1.82) is 5.26 Å². The highest BCUT2D eigenvalue weighted by Crippen LogP contribution is 2.15. The number of benzene rings is 1. The molecule has 1 aromatic rings. The van der Waals surface area contributed by atoms with Crippen LogP contribution in [0.15, 0.2) is 30.0 Å². The summed E-state index contributed by atoms with van der Waals surface area (Å²) in [7, 11) is 0. The number of hydrogen-bond donors (Lipinski definition) is 1. The minimum absolute atomic E-state index is 0.177. The van der Waals surface area contributed by atoms with Gasteiger partial charge in [0.2, 0.25) is 0 Å². The molecule has 0 spiro atoms. The number of nitrogens with zero attached hydrogens (tertiary/aromatic N) is 1. The number of rotatable bonds is 4. The first kappa shape index (κ1) is 13.7. The third-order valence-electron chi connectivity index (χ3n) is 2.11. The van der Waals surface area contributed by atoms with Gasteiger partial charge >= 0.3 is 5.97 Å². The zero-order valence-electron chi connectivity index (χ0n) is 10.2. The predicted octanol–water partition coefficient (Wildman–Crippen LogP) is 2.52. The van der Waals surface area contributed by atoms with Crippen LogP contribution in [0.3, 0.4) is 0 Å². The third-order valence-corrected chi connectivity index (χ3v) is 2.11. The lowest BCUT2D eigenvalue weighted by atomic mass is 10.2. The van der Waals surface area contributed by atoms with Gasteiger partial charge < -0.3 is 10.1 Å². The van der Waals surface area contributed by atoms with Crippen molar-refractivity contribution >= 4 is 11.7 Å². The van der Waals surface area contributed by atoms with Crippen molar-refractivity contribution in [1.82, 2.24) is 0 Å². The number of nitrogens with one attached hydrogen (secondary N) is 1. The summed E-state index contributed by atoms with van der Waals surface area (Å²) >= 11 is 0. The SMILES string of the molecule is CCOC(=O)/C(C#N)=C/Nc1ccc(C)cc1F. The van der Waals surface area contributed by atoms with Crippen LogP contribution in [-0.4, -0.2) is 12.6 Å². The van der Waals surface area contributed by atoms with Gasteiger partial charge in [0.05, 0.1) is 12.3 Å². The van der Waals surface area contributed by atoms with E-state index in [1.165, 1.54) is 12.1 Å². The fourth-order valence-corrected chi connectivity index (χ4v) is 1.23. The van der Waals surface area contributed by atoms with Crippen molar-refractivity contribution in [3.05, 3.63) is 41.4 Å². The summed E-state index contributed by atoms with van der Waals surface area (Å²) in [5.74, 6) is -1.19. The molecule has 0 amide bonds. The molecule has 94 valence electrons.